The molecule has 0 spiro atoms. The van der Waals surface area contributed by atoms with Crippen molar-refractivity contribution >= 4 is 5.82 Å². The van der Waals surface area contributed by atoms with Crippen LogP contribution in [0.15, 0.2) is 48.5 Å². The summed E-state index contributed by atoms with van der Waals surface area (Å²) in [5, 5.41) is 7.72. The summed E-state index contributed by atoms with van der Waals surface area (Å²) in [6.07, 6.45) is -3.17. The minimum absolute atomic E-state index is 0.0348. The predicted octanol–water partition coefficient (Wildman–Crippen LogP) is 4.46. The lowest BCUT2D eigenvalue weighted by Crippen LogP contribution is -2.13. The van der Waals surface area contributed by atoms with Crippen LogP contribution < -0.4 is 10.1 Å². The molecule has 2 heterocycles. The first-order valence-electron chi connectivity index (χ1n) is 8.61. The zero-order chi connectivity index (χ0) is 19.0. The summed E-state index contributed by atoms with van der Waals surface area (Å²) in [7, 11) is 1.60. The second kappa shape index (κ2) is 6.64. The lowest BCUT2D eigenvalue weighted by Gasteiger charge is -2.14. The molecule has 0 saturated heterocycles. The summed E-state index contributed by atoms with van der Waals surface area (Å²) in [5.41, 5.74) is 2.08. The highest BCUT2D eigenvalue weighted by molar-refractivity contribution is 5.59. The van der Waals surface area contributed by atoms with E-state index >= 15 is 0 Å². The van der Waals surface area contributed by atoms with Gasteiger partial charge in [0, 0.05) is 18.5 Å². The number of rotatable bonds is 4. The number of halogens is 3. The van der Waals surface area contributed by atoms with Crippen LogP contribution in [0.4, 0.5) is 19.0 Å². The van der Waals surface area contributed by atoms with Gasteiger partial charge in [-0.05, 0) is 36.2 Å². The average molecular weight is 373 g/mol. The van der Waals surface area contributed by atoms with Crippen molar-refractivity contribution in [3.8, 4) is 11.4 Å². The van der Waals surface area contributed by atoms with E-state index in [9.17, 15) is 13.2 Å². The molecular formula is C20H18F3N3O. The zero-order valence-electron chi connectivity index (χ0n) is 14.7. The van der Waals surface area contributed by atoms with E-state index in [0.29, 0.717) is 18.8 Å². The molecule has 4 nitrogen and oxygen atoms in total. The summed E-state index contributed by atoms with van der Waals surface area (Å²) >= 11 is 0. The molecular weight excluding hydrogens is 355 g/mol. The van der Waals surface area contributed by atoms with Crippen LogP contribution in [0.5, 0.6) is 5.75 Å². The molecule has 0 aliphatic carbocycles. The SMILES string of the molecule is COc1cccc(Cc2nn(-c3ccccc3C(F)(F)F)c3c2CCN3)c1. The first-order chi connectivity index (χ1) is 13.0. The molecule has 140 valence electrons. The third-order valence-electron chi connectivity index (χ3n) is 4.68. The molecule has 1 aliphatic heterocycles. The molecule has 0 bridgehead atoms. The topological polar surface area (TPSA) is 39.1 Å². The molecule has 1 aromatic heterocycles. The van der Waals surface area contributed by atoms with E-state index in [2.05, 4.69) is 10.4 Å². The first-order valence-corrected chi connectivity index (χ1v) is 8.61. The number of nitrogens with zero attached hydrogens (tertiary/aromatic N) is 2. The van der Waals surface area contributed by atoms with Crippen molar-refractivity contribution in [1.29, 1.82) is 0 Å². The van der Waals surface area contributed by atoms with E-state index in [4.69, 9.17) is 4.74 Å². The Kier molecular flexibility index (Phi) is 4.30. The van der Waals surface area contributed by atoms with Crippen molar-refractivity contribution in [2.45, 2.75) is 19.0 Å². The summed E-state index contributed by atoms with van der Waals surface area (Å²) in [6, 6.07) is 13.1. The summed E-state index contributed by atoms with van der Waals surface area (Å²) in [6.45, 7) is 0.687. The fourth-order valence-electron chi connectivity index (χ4n) is 3.44. The summed E-state index contributed by atoms with van der Waals surface area (Å²) < 4.78 is 47.0. The molecule has 7 heteroatoms. The van der Waals surface area contributed by atoms with E-state index in [1.807, 2.05) is 24.3 Å². The van der Waals surface area contributed by atoms with E-state index in [1.165, 1.54) is 16.8 Å². The van der Waals surface area contributed by atoms with E-state index in [-0.39, 0.29) is 5.69 Å². The van der Waals surface area contributed by atoms with Gasteiger partial charge in [-0.25, -0.2) is 4.68 Å². The third kappa shape index (κ3) is 3.25. The smallest absolute Gasteiger partial charge is 0.418 e. The molecule has 2 aromatic carbocycles. The van der Waals surface area contributed by atoms with Gasteiger partial charge in [-0.3, -0.25) is 0 Å². The van der Waals surface area contributed by atoms with E-state index in [0.717, 1.165) is 35.1 Å². The van der Waals surface area contributed by atoms with Crippen LogP contribution in [0.1, 0.15) is 22.4 Å². The minimum Gasteiger partial charge on any atom is -0.497 e. The molecule has 0 saturated carbocycles. The van der Waals surface area contributed by atoms with Crippen molar-refractivity contribution in [3.05, 3.63) is 70.9 Å². The van der Waals surface area contributed by atoms with Crippen molar-refractivity contribution in [3.63, 3.8) is 0 Å². The van der Waals surface area contributed by atoms with Gasteiger partial charge in [-0.15, -0.1) is 0 Å². The number of para-hydroxylation sites is 1. The quantitative estimate of drug-likeness (QED) is 0.734. The summed E-state index contributed by atoms with van der Waals surface area (Å²) in [5.74, 6) is 1.38. The average Bonchev–Trinajstić information content (AvgIpc) is 3.25. The fraction of sp³-hybridized carbons (Fsp3) is 0.250. The molecule has 0 fully saturated rings. The number of ether oxygens (including phenoxy) is 1. The number of methoxy groups -OCH3 is 1. The zero-order valence-corrected chi connectivity index (χ0v) is 14.7. The van der Waals surface area contributed by atoms with E-state index < -0.39 is 11.7 Å². The number of hydrogen-bond donors (Lipinski definition) is 1. The van der Waals surface area contributed by atoms with Crippen LogP contribution in [-0.4, -0.2) is 23.4 Å². The largest absolute Gasteiger partial charge is 0.497 e. The molecule has 27 heavy (non-hydrogen) atoms. The monoisotopic (exact) mass is 373 g/mol. The highest BCUT2D eigenvalue weighted by Crippen LogP contribution is 2.37. The predicted molar refractivity (Wildman–Crippen MR) is 96.6 cm³/mol. The van der Waals surface area contributed by atoms with Gasteiger partial charge in [0.1, 0.15) is 11.6 Å². The second-order valence-corrected chi connectivity index (χ2v) is 6.41. The first kappa shape index (κ1) is 17.5. The highest BCUT2D eigenvalue weighted by Gasteiger charge is 2.35. The maximum atomic E-state index is 13.4. The Morgan fingerprint density at radius 1 is 1.15 bits per heavy atom. The Bertz CT molecular complexity index is 979. The Morgan fingerprint density at radius 2 is 1.96 bits per heavy atom. The van der Waals surface area contributed by atoms with Crippen LogP contribution >= 0.6 is 0 Å². The number of benzene rings is 2. The Morgan fingerprint density at radius 3 is 2.74 bits per heavy atom. The number of anilines is 1. The van der Waals surface area contributed by atoms with Gasteiger partial charge >= 0.3 is 6.18 Å². The maximum Gasteiger partial charge on any atom is 0.418 e. The van der Waals surface area contributed by atoms with Crippen molar-refractivity contribution in [2.24, 2.45) is 0 Å². The van der Waals surface area contributed by atoms with Gasteiger partial charge in [0.15, 0.2) is 0 Å². The molecule has 1 aliphatic rings. The highest BCUT2D eigenvalue weighted by atomic mass is 19.4. The molecule has 0 radical (unpaired) electrons. The molecule has 0 atom stereocenters. The number of fused-ring (bicyclic) bond motifs is 1. The number of nitrogens with one attached hydrogen (secondary N) is 1. The normalized spacial score (nSPS) is 13.3. The van der Waals surface area contributed by atoms with Gasteiger partial charge in [-0.2, -0.15) is 18.3 Å². The van der Waals surface area contributed by atoms with Gasteiger partial charge in [-0.1, -0.05) is 24.3 Å². The lowest BCUT2D eigenvalue weighted by atomic mass is 10.1. The number of aromatic nitrogens is 2. The molecule has 1 N–H and O–H groups in total. The lowest BCUT2D eigenvalue weighted by molar-refractivity contribution is -0.137. The van der Waals surface area contributed by atoms with Crippen molar-refractivity contribution < 1.29 is 17.9 Å². The Hall–Kier alpha value is -2.96. The van der Waals surface area contributed by atoms with Crippen LogP contribution in [0.25, 0.3) is 5.69 Å². The second-order valence-electron chi connectivity index (χ2n) is 6.41. The van der Waals surface area contributed by atoms with Gasteiger partial charge in [0.05, 0.1) is 24.1 Å². The van der Waals surface area contributed by atoms with Crippen LogP contribution in [0, 0.1) is 0 Å². The van der Waals surface area contributed by atoms with Crippen LogP contribution in [0.3, 0.4) is 0 Å². The third-order valence-corrected chi connectivity index (χ3v) is 4.68. The van der Waals surface area contributed by atoms with Gasteiger partial charge < -0.3 is 10.1 Å². The van der Waals surface area contributed by atoms with Crippen molar-refractivity contribution in [1.82, 2.24) is 9.78 Å². The van der Waals surface area contributed by atoms with E-state index in [1.54, 1.807) is 13.2 Å². The molecule has 4 rings (SSSR count). The molecule has 0 amide bonds. The number of alkyl halides is 3. The molecule has 0 unspecified atom stereocenters. The Balaban J connectivity index is 1.78. The Labute approximate surface area is 154 Å². The van der Waals surface area contributed by atoms with Crippen molar-refractivity contribution in [2.75, 3.05) is 19.0 Å². The summed E-state index contributed by atoms with van der Waals surface area (Å²) in [4.78, 5) is 0. The van der Waals surface area contributed by atoms with Gasteiger partial charge in [0.25, 0.3) is 0 Å². The minimum atomic E-state index is -4.44. The van der Waals surface area contributed by atoms with Gasteiger partial charge in [0.2, 0.25) is 0 Å². The maximum absolute atomic E-state index is 13.4. The van der Waals surface area contributed by atoms with Crippen LogP contribution in [-0.2, 0) is 19.0 Å². The van der Waals surface area contributed by atoms with Crippen LogP contribution in [0.2, 0.25) is 0 Å². The molecule has 3 aromatic rings. The standard InChI is InChI=1S/C20H18F3N3O/c1-27-14-6-4-5-13(11-14)12-17-15-9-10-24-19(15)26(25-17)18-8-3-2-7-16(18)20(21,22)23/h2-8,11,24H,9-10,12H2,1H3. The number of hydrogen-bond acceptors (Lipinski definition) is 3. The fourth-order valence-corrected chi connectivity index (χ4v) is 3.44.